The molecule has 1 aromatic heterocycles. The SMILES string of the molecule is CN(C)C1(C(Cc2nnn(C)n2)NN)CCCCC1. The van der Waals surface area contributed by atoms with Crippen LogP contribution in [0, 0.1) is 0 Å². The van der Waals surface area contributed by atoms with Crippen LogP contribution in [-0.2, 0) is 13.5 Å². The van der Waals surface area contributed by atoms with Gasteiger partial charge in [0.2, 0.25) is 0 Å². The predicted octanol–water partition coefficient (Wildman–Crippen LogP) is -0.151. The summed E-state index contributed by atoms with van der Waals surface area (Å²) in [6.07, 6.45) is 6.86. The second-order valence-electron chi connectivity index (χ2n) is 5.68. The van der Waals surface area contributed by atoms with Gasteiger partial charge in [-0.25, -0.2) is 0 Å². The topological polar surface area (TPSA) is 84.9 Å². The second-order valence-corrected chi connectivity index (χ2v) is 5.68. The van der Waals surface area contributed by atoms with E-state index in [0.29, 0.717) is 6.42 Å². The van der Waals surface area contributed by atoms with Crippen LogP contribution in [-0.4, -0.2) is 50.8 Å². The Hall–Kier alpha value is -1.05. The molecule has 0 saturated heterocycles. The molecular weight excluding hydrogens is 242 g/mol. The van der Waals surface area contributed by atoms with Crippen LogP contribution >= 0.6 is 0 Å². The molecule has 1 atom stereocenters. The zero-order valence-electron chi connectivity index (χ0n) is 12.1. The lowest BCUT2D eigenvalue weighted by molar-refractivity contribution is 0.0561. The maximum atomic E-state index is 5.82. The minimum absolute atomic E-state index is 0.0895. The first-order valence-corrected chi connectivity index (χ1v) is 6.95. The first kappa shape index (κ1) is 14.4. The molecular formula is C12H25N7. The molecule has 1 fully saturated rings. The van der Waals surface area contributed by atoms with E-state index in [1.165, 1.54) is 24.1 Å². The van der Waals surface area contributed by atoms with E-state index in [1.807, 2.05) is 0 Å². The van der Waals surface area contributed by atoms with Gasteiger partial charge in [0.1, 0.15) is 0 Å². The Morgan fingerprint density at radius 1 is 1.37 bits per heavy atom. The summed E-state index contributed by atoms with van der Waals surface area (Å²) >= 11 is 0. The number of nitrogens with two attached hydrogens (primary N) is 1. The number of aryl methyl sites for hydroxylation is 1. The second kappa shape index (κ2) is 5.94. The largest absolute Gasteiger partial charge is 0.302 e. The van der Waals surface area contributed by atoms with E-state index in [1.54, 1.807) is 7.05 Å². The molecule has 1 heterocycles. The van der Waals surface area contributed by atoms with E-state index in [-0.39, 0.29) is 11.6 Å². The van der Waals surface area contributed by atoms with Crippen LogP contribution in [0.15, 0.2) is 0 Å². The molecule has 0 spiro atoms. The lowest BCUT2D eigenvalue weighted by atomic mass is 9.74. The van der Waals surface area contributed by atoms with Crippen LogP contribution in [0.25, 0.3) is 0 Å². The van der Waals surface area contributed by atoms with E-state index in [0.717, 1.165) is 18.7 Å². The summed E-state index contributed by atoms with van der Waals surface area (Å²) in [5.74, 6) is 6.57. The maximum Gasteiger partial charge on any atom is 0.176 e. The van der Waals surface area contributed by atoms with Gasteiger partial charge in [-0.05, 0) is 32.2 Å². The molecule has 0 radical (unpaired) electrons. The molecule has 1 saturated carbocycles. The number of hydrogen-bond acceptors (Lipinski definition) is 6. The van der Waals surface area contributed by atoms with Gasteiger partial charge in [-0.2, -0.15) is 4.80 Å². The minimum Gasteiger partial charge on any atom is -0.302 e. The summed E-state index contributed by atoms with van der Waals surface area (Å²) in [5, 5.41) is 12.2. The molecule has 7 heteroatoms. The summed E-state index contributed by atoms with van der Waals surface area (Å²) in [7, 11) is 6.06. The number of aromatic nitrogens is 4. The summed E-state index contributed by atoms with van der Waals surface area (Å²) in [4.78, 5) is 3.80. The Labute approximate surface area is 114 Å². The van der Waals surface area contributed by atoms with Gasteiger partial charge >= 0.3 is 0 Å². The summed E-state index contributed by atoms with van der Waals surface area (Å²) in [6.45, 7) is 0. The van der Waals surface area contributed by atoms with Gasteiger partial charge in [0.15, 0.2) is 5.82 Å². The molecule has 1 unspecified atom stereocenters. The van der Waals surface area contributed by atoms with Crippen LogP contribution in [0.2, 0.25) is 0 Å². The van der Waals surface area contributed by atoms with Crippen molar-refractivity contribution in [3.63, 3.8) is 0 Å². The number of nitrogens with one attached hydrogen (secondary N) is 1. The smallest absolute Gasteiger partial charge is 0.176 e. The molecule has 3 N–H and O–H groups in total. The van der Waals surface area contributed by atoms with Crippen LogP contribution in [0.1, 0.15) is 37.9 Å². The highest BCUT2D eigenvalue weighted by atomic mass is 15.6. The van der Waals surface area contributed by atoms with Gasteiger partial charge in [0.25, 0.3) is 0 Å². The minimum atomic E-state index is 0.0895. The molecule has 1 aromatic rings. The molecule has 7 nitrogen and oxygen atoms in total. The fourth-order valence-corrected chi connectivity index (χ4v) is 3.26. The number of hydrogen-bond donors (Lipinski definition) is 2. The Kier molecular flexibility index (Phi) is 4.49. The van der Waals surface area contributed by atoms with E-state index >= 15 is 0 Å². The van der Waals surface area contributed by atoms with Crippen molar-refractivity contribution in [2.45, 2.75) is 50.1 Å². The molecule has 19 heavy (non-hydrogen) atoms. The normalized spacial score (nSPS) is 20.7. The highest BCUT2D eigenvalue weighted by Gasteiger charge is 2.41. The van der Waals surface area contributed by atoms with Crippen molar-refractivity contribution < 1.29 is 0 Å². The monoisotopic (exact) mass is 267 g/mol. The van der Waals surface area contributed by atoms with Crippen LogP contribution in [0.3, 0.4) is 0 Å². The Morgan fingerprint density at radius 2 is 2.05 bits per heavy atom. The first-order valence-electron chi connectivity index (χ1n) is 6.95. The van der Waals surface area contributed by atoms with Crippen molar-refractivity contribution in [1.82, 2.24) is 30.5 Å². The van der Waals surface area contributed by atoms with Crippen LogP contribution < -0.4 is 11.3 Å². The average molecular weight is 267 g/mol. The summed E-state index contributed by atoms with van der Waals surface area (Å²) in [6, 6.07) is 0.145. The standard InChI is InChI=1S/C12H25N7/c1-18(2)12(7-5-4-6-8-12)10(14-13)9-11-15-17-19(3)16-11/h10,14H,4-9,13H2,1-3H3. The van der Waals surface area contributed by atoms with E-state index in [2.05, 4.69) is 39.8 Å². The number of tetrazole rings is 1. The van der Waals surface area contributed by atoms with Crippen molar-refractivity contribution in [2.24, 2.45) is 12.9 Å². The van der Waals surface area contributed by atoms with Gasteiger partial charge < -0.3 is 4.90 Å². The Balaban J connectivity index is 2.17. The Morgan fingerprint density at radius 3 is 2.53 bits per heavy atom. The number of nitrogens with zero attached hydrogens (tertiary/aromatic N) is 5. The molecule has 1 aliphatic carbocycles. The van der Waals surface area contributed by atoms with Crippen molar-refractivity contribution in [3.05, 3.63) is 5.82 Å². The lowest BCUT2D eigenvalue weighted by Crippen LogP contribution is -2.62. The zero-order chi connectivity index (χ0) is 13.9. The lowest BCUT2D eigenvalue weighted by Gasteiger charge is -2.48. The Bertz CT molecular complexity index is 395. The highest BCUT2D eigenvalue weighted by molar-refractivity contribution is 5.03. The summed E-state index contributed by atoms with van der Waals surface area (Å²) < 4.78 is 0. The molecule has 2 rings (SSSR count). The van der Waals surface area contributed by atoms with Crippen molar-refractivity contribution in [2.75, 3.05) is 14.1 Å². The number of hydrazine groups is 1. The molecule has 0 aromatic carbocycles. The third-order valence-electron chi connectivity index (χ3n) is 4.40. The third kappa shape index (κ3) is 2.93. The zero-order valence-corrected chi connectivity index (χ0v) is 12.1. The van der Waals surface area contributed by atoms with Crippen molar-refractivity contribution in [1.29, 1.82) is 0 Å². The number of rotatable bonds is 5. The molecule has 0 amide bonds. The van der Waals surface area contributed by atoms with Gasteiger partial charge in [-0.1, -0.05) is 19.3 Å². The molecule has 0 bridgehead atoms. The summed E-state index contributed by atoms with van der Waals surface area (Å²) in [5.41, 5.74) is 3.08. The van der Waals surface area contributed by atoms with E-state index < -0.39 is 0 Å². The van der Waals surface area contributed by atoms with Crippen LogP contribution in [0.4, 0.5) is 0 Å². The fourth-order valence-electron chi connectivity index (χ4n) is 3.26. The van der Waals surface area contributed by atoms with E-state index in [9.17, 15) is 0 Å². The van der Waals surface area contributed by atoms with E-state index in [4.69, 9.17) is 5.84 Å². The first-order chi connectivity index (χ1) is 9.08. The van der Waals surface area contributed by atoms with Gasteiger partial charge in [-0.15, -0.1) is 10.2 Å². The van der Waals surface area contributed by atoms with Gasteiger partial charge in [-0.3, -0.25) is 11.3 Å². The van der Waals surface area contributed by atoms with Gasteiger partial charge in [0, 0.05) is 18.0 Å². The quantitative estimate of drug-likeness (QED) is 0.570. The van der Waals surface area contributed by atoms with Crippen LogP contribution in [0.5, 0.6) is 0 Å². The van der Waals surface area contributed by atoms with Gasteiger partial charge in [0.05, 0.1) is 7.05 Å². The average Bonchev–Trinajstić information content (AvgIpc) is 2.82. The predicted molar refractivity (Wildman–Crippen MR) is 73.1 cm³/mol. The molecule has 108 valence electrons. The number of likely N-dealkylation sites (N-methyl/N-ethyl adjacent to an activating group) is 1. The molecule has 0 aliphatic heterocycles. The van der Waals surface area contributed by atoms with Crippen molar-refractivity contribution >= 4 is 0 Å². The van der Waals surface area contributed by atoms with Crippen molar-refractivity contribution in [3.8, 4) is 0 Å². The third-order valence-corrected chi connectivity index (χ3v) is 4.40. The maximum absolute atomic E-state index is 5.82. The highest BCUT2D eigenvalue weighted by Crippen LogP contribution is 2.35. The molecule has 1 aliphatic rings. The fraction of sp³-hybridized carbons (Fsp3) is 0.917.